The quantitative estimate of drug-likeness (QED) is 0.685. The van der Waals surface area contributed by atoms with Crippen molar-refractivity contribution >= 4 is 0 Å². The second-order valence-corrected chi connectivity index (χ2v) is 2.70. The van der Waals surface area contributed by atoms with E-state index in [0.717, 1.165) is 0 Å². The molecule has 5 nitrogen and oxygen atoms in total. The number of rotatable bonds is 2. The van der Waals surface area contributed by atoms with Gasteiger partial charge in [0.1, 0.15) is 11.4 Å². The monoisotopic (exact) mass is 192 g/mol. The van der Waals surface area contributed by atoms with Gasteiger partial charge < -0.3 is 14.7 Å². The number of nitrogens with zero attached hydrogens (tertiary/aromatic N) is 2. The Bertz CT molecular complexity index is 411. The molecule has 2 N–H and O–H groups in total. The molecule has 5 heteroatoms. The fourth-order valence-electron chi connectivity index (χ4n) is 1.04. The Morgan fingerprint density at radius 3 is 2.71 bits per heavy atom. The standard InChI is InChI=1S/C9H8N2O3/c12-9(13)7-5-8(14-11-7)6-3-1-2-4-10-6/h1-5,9,12-13H. The van der Waals surface area contributed by atoms with Crippen molar-refractivity contribution in [3.8, 4) is 11.5 Å². The number of hydrogen-bond donors (Lipinski definition) is 2. The Morgan fingerprint density at radius 1 is 1.29 bits per heavy atom. The maximum absolute atomic E-state index is 8.80. The summed E-state index contributed by atoms with van der Waals surface area (Å²) in [7, 11) is 0. The summed E-state index contributed by atoms with van der Waals surface area (Å²) in [6, 6.07) is 6.77. The first-order valence-electron chi connectivity index (χ1n) is 4.01. The first-order valence-corrected chi connectivity index (χ1v) is 4.01. The summed E-state index contributed by atoms with van der Waals surface area (Å²) in [6.45, 7) is 0. The molecule has 0 radical (unpaired) electrons. The van der Waals surface area contributed by atoms with E-state index in [1.54, 1.807) is 24.4 Å². The lowest BCUT2D eigenvalue weighted by Gasteiger charge is -1.92. The van der Waals surface area contributed by atoms with E-state index in [1.807, 2.05) is 0 Å². The average Bonchev–Trinajstić information content (AvgIpc) is 2.68. The fourth-order valence-corrected chi connectivity index (χ4v) is 1.04. The lowest BCUT2D eigenvalue weighted by molar-refractivity contribution is -0.0476. The Labute approximate surface area is 79.6 Å². The van der Waals surface area contributed by atoms with Crippen molar-refractivity contribution in [3.63, 3.8) is 0 Å². The van der Waals surface area contributed by atoms with E-state index in [9.17, 15) is 0 Å². The third-order valence-corrected chi connectivity index (χ3v) is 1.71. The van der Waals surface area contributed by atoms with Crippen LogP contribution in [0.2, 0.25) is 0 Å². The van der Waals surface area contributed by atoms with Crippen LogP contribution in [0.1, 0.15) is 12.0 Å². The average molecular weight is 192 g/mol. The third-order valence-electron chi connectivity index (χ3n) is 1.71. The number of hydrogen-bond acceptors (Lipinski definition) is 5. The zero-order valence-corrected chi connectivity index (χ0v) is 7.16. The summed E-state index contributed by atoms with van der Waals surface area (Å²) in [5, 5.41) is 21.1. The van der Waals surface area contributed by atoms with E-state index in [0.29, 0.717) is 11.5 Å². The van der Waals surface area contributed by atoms with Gasteiger partial charge in [-0.1, -0.05) is 11.2 Å². The van der Waals surface area contributed by atoms with Crippen LogP contribution >= 0.6 is 0 Å². The highest BCUT2D eigenvalue weighted by atomic mass is 16.5. The highest BCUT2D eigenvalue weighted by molar-refractivity contribution is 5.51. The predicted octanol–water partition coefficient (Wildman–Crippen LogP) is 0.720. The smallest absolute Gasteiger partial charge is 0.199 e. The van der Waals surface area contributed by atoms with E-state index < -0.39 is 6.29 Å². The molecule has 2 aromatic rings. The molecule has 2 aromatic heterocycles. The molecule has 0 amide bonds. The third kappa shape index (κ3) is 1.63. The maximum atomic E-state index is 8.80. The van der Waals surface area contributed by atoms with Gasteiger partial charge in [0.05, 0.1) is 0 Å². The molecule has 0 aliphatic heterocycles. The molecule has 14 heavy (non-hydrogen) atoms. The second-order valence-electron chi connectivity index (χ2n) is 2.70. The molecule has 0 aliphatic carbocycles. The molecule has 0 saturated heterocycles. The first-order chi connectivity index (χ1) is 6.77. The van der Waals surface area contributed by atoms with Crippen molar-refractivity contribution in [2.24, 2.45) is 0 Å². The van der Waals surface area contributed by atoms with Gasteiger partial charge in [-0.15, -0.1) is 0 Å². The predicted molar refractivity (Wildman–Crippen MR) is 46.9 cm³/mol. The molecule has 72 valence electrons. The second kappa shape index (κ2) is 3.57. The molecule has 2 rings (SSSR count). The van der Waals surface area contributed by atoms with Gasteiger partial charge >= 0.3 is 0 Å². The van der Waals surface area contributed by atoms with Crippen LogP contribution in [0.15, 0.2) is 35.0 Å². The molecule has 0 atom stereocenters. The van der Waals surface area contributed by atoms with Crippen LogP contribution in [-0.2, 0) is 0 Å². The number of aliphatic hydroxyl groups excluding tert-OH is 1. The van der Waals surface area contributed by atoms with Crippen LogP contribution in [-0.4, -0.2) is 20.4 Å². The zero-order valence-electron chi connectivity index (χ0n) is 7.16. The molecule has 0 unspecified atom stereocenters. The Hall–Kier alpha value is -1.72. The van der Waals surface area contributed by atoms with Crippen LogP contribution in [0.5, 0.6) is 0 Å². The van der Waals surface area contributed by atoms with Crippen LogP contribution in [0, 0.1) is 0 Å². The lowest BCUT2D eigenvalue weighted by atomic mass is 10.2. The minimum Gasteiger partial charge on any atom is -0.363 e. The van der Waals surface area contributed by atoms with Crippen molar-refractivity contribution in [3.05, 3.63) is 36.2 Å². The van der Waals surface area contributed by atoms with E-state index in [1.165, 1.54) is 6.07 Å². The van der Waals surface area contributed by atoms with Crippen molar-refractivity contribution in [2.45, 2.75) is 6.29 Å². The molecular formula is C9H8N2O3. The normalized spacial score (nSPS) is 10.8. The molecule has 2 heterocycles. The van der Waals surface area contributed by atoms with E-state index in [2.05, 4.69) is 10.1 Å². The van der Waals surface area contributed by atoms with Gasteiger partial charge in [0.15, 0.2) is 12.1 Å². The van der Waals surface area contributed by atoms with Gasteiger partial charge in [-0.2, -0.15) is 0 Å². The first kappa shape index (κ1) is 8.86. The molecule has 0 fully saturated rings. The van der Waals surface area contributed by atoms with Crippen LogP contribution in [0.25, 0.3) is 11.5 Å². The minimum atomic E-state index is -1.61. The SMILES string of the molecule is OC(O)c1cc(-c2ccccn2)on1. The van der Waals surface area contributed by atoms with Crippen molar-refractivity contribution in [1.82, 2.24) is 10.1 Å². The van der Waals surface area contributed by atoms with Crippen molar-refractivity contribution in [1.29, 1.82) is 0 Å². The summed E-state index contributed by atoms with van der Waals surface area (Å²) in [6.07, 6.45) is 0.00334. The van der Waals surface area contributed by atoms with Crippen LogP contribution in [0.3, 0.4) is 0 Å². The molecular weight excluding hydrogens is 184 g/mol. The molecule has 0 aliphatic rings. The Kier molecular flexibility index (Phi) is 2.26. The highest BCUT2D eigenvalue weighted by Crippen LogP contribution is 2.19. The molecule has 0 aromatic carbocycles. The fraction of sp³-hybridized carbons (Fsp3) is 0.111. The number of aliphatic hydroxyl groups is 2. The largest absolute Gasteiger partial charge is 0.363 e. The Balaban J connectivity index is 2.34. The van der Waals surface area contributed by atoms with Gasteiger partial charge in [-0.25, -0.2) is 0 Å². The highest BCUT2D eigenvalue weighted by Gasteiger charge is 2.11. The van der Waals surface area contributed by atoms with Crippen molar-refractivity contribution < 1.29 is 14.7 Å². The van der Waals surface area contributed by atoms with Gasteiger partial charge in [-0.3, -0.25) is 4.98 Å². The summed E-state index contributed by atoms with van der Waals surface area (Å²) >= 11 is 0. The van der Waals surface area contributed by atoms with Gasteiger partial charge in [0, 0.05) is 12.3 Å². The molecule has 0 bridgehead atoms. The van der Waals surface area contributed by atoms with Crippen LogP contribution < -0.4 is 0 Å². The minimum absolute atomic E-state index is 0.0747. The van der Waals surface area contributed by atoms with Crippen molar-refractivity contribution in [2.75, 3.05) is 0 Å². The number of aromatic nitrogens is 2. The molecule has 0 spiro atoms. The van der Waals surface area contributed by atoms with E-state index in [-0.39, 0.29) is 5.69 Å². The summed E-state index contributed by atoms with van der Waals surface area (Å²) in [5.41, 5.74) is 0.678. The zero-order chi connectivity index (χ0) is 9.97. The van der Waals surface area contributed by atoms with Gasteiger partial charge in [-0.05, 0) is 12.1 Å². The topological polar surface area (TPSA) is 79.4 Å². The molecule has 0 saturated carbocycles. The van der Waals surface area contributed by atoms with Gasteiger partial charge in [0.2, 0.25) is 0 Å². The van der Waals surface area contributed by atoms with E-state index >= 15 is 0 Å². The van der Waals surface area contributed by atoms with Gasteiger partial charge in [0.25, 0.3) is 0 Å². The summed E-state index contributed by atoms with van der Waals surface area (Å²) in [4.78, 5) is 4.02. The number of pyridine rings is 1. The summed E-state index contributed by atoms with van der Waals surface area (Å²) in [5.74, 6) is 0.411. The maximum Gasteiger partial charge on any atom is 0.199 e. The van der Waals surface area contributed by atoms with Crippen LogP contribution in [0.4, 0.5) is 0 Å². The van der Waals surface area contributed by atoms with E-state index in [4.69, 9.17) is 14.7 Å². The summed E-state index contributed by atoms with van der Waals surface area (Å²) < 4.78 is 4.88. The lowest BCUT2D eigenvalue weighted by Crippen LogP contribution is -1.93. The Morgan fingerprint density at radius 2 is 2.14 bits per heavy atom.